The van der Waals surface area contributed by atoms with Crippen LogP contribution in [-0.4, -0.2) is 29.7 Å². The van der Waals surface area contributed by atoms with Crippen molar-refractivity contribution in [3.63, 3.8) is 0 Å². The first kappa shape index (κ1) is 13.3. The van der Waals surface area contributed by atoms with Gasteiger partial charge < -0.3 is 10.0 Å². The highest BCUT2D eigenvalue weighted by Gasteiger charge is 2.14. The molecule has 0 aliphatic heterocycles. The number of hydrogen-bond acceptors (Lipinski definition) is 4. The van der Waals surface area contributed by atoms with E-state index in [1.54, 1.807) is 24.9 Å². The van der Waals surface area contributed by atoms with Gasteiger partial charge in [0.05, 0.1) is 17.0 Å². The molecule has 0 saturated carbocycles. The van der Waals surface area contributed by atoms with Crippen LogP contribution in [0.4, 0.5) is 5.82 Å². The van der Waals surface area contributed by atoms with Gasteiger partial charge in [-0.3, -0.25) is 0 Å². The molecule has 17 heavy (non-hydrogen) atoms. The summed E-state index contributed by atoms with van der Waals surface area (Å²) in [4.78, 5) is 16.5. The molecule has 0 aliphatic rings. The largest absolute Gasteiger partial charge is 0.476 e. The zero-order valence-corrected chi connectivity index (χ0v) is 10.3. The summed E-state index contributed by atoms with van der Waals surface area (Å²) in [6, 6.07) is 5.21. The van der Waals surface area contributed by atoms with Crippen LogP contribution in [0.3, 0.4) is 0 Å². The maximum absolute atomic E-state index is 10.9. The van der Waals surface area contributed by atoms with E-state index in [2.05, 4.69) is 11.1 Å². The predicted molar refractivity (Wildman–Crippen MR) is 64.3 cm³/mol. The Kier molecular flexibility index (Phi) is 4.30. The number of rotatable bonds is 4. The molecule has 0 fully saturated rings. The third kappa shape index (κ3) is 3.33. The average molecular weight is 254 g/mol. The number of aromatic nitrogens is 1. The molecule has 1 rings (SSSR count). The average Bonchev–Trinajstić information content (AvgIpc) is 2.28. The molecule has 0 spiro atoms. The van der Waals surface area contributed by atoms with Gasteiger partial charge >= 0.3 is 5.97 Å². The van der Waals surface area contributed by atoms with Crippen molar-refractivity contribution >= 4 is 23.4 Å². The van der Waals surface area contributed by atoms with Crippen LogP contribution >= 0.6 is 11.6 Å². The molecule has 0 aliphatic carbocycles. The fraction of sp³-hybridized carbons (Fsp3) is 0.364. The van der Waals surface area contributed by atoms with E-state index in [-0.39, 0.29) is 16.6 Å². The van der Waals surface area contributed by atoms with Crippen molar-refractivity contribution in [1.82, 2.24) is 4.98 Å². The Morgan fingerprint density at radius 1 is 1.71 bits per heavy atom. The van der Waals surface area contributed by atoms with E-state index >= 15 is 0 Å². The summed E-state index contributed by atoms with van der Waals surface area (Å²) in [5.41, 5.74) is -0.180. The van der Waals surface area contributed by atoms with Crippen molar-refractivity contribution in [2.75, 3.05) is 18.5 Å². The molecule has 1 heterocycles. The quantitative estimate of drug-likeness (QED) is 0.888. The SMILES string of the molecule is CC(C#N)CN(C)c1ccc(Cl)c(C(=O)O)n1. The molecule has 0 aromatic carbocycles. The first-order chi connectivity index (χ1) is 7.95. The highest BCUT2D eigenvalue weighted by Crippen LogP contribution is 2.19. The maximum atomic E-state index is 10.9. The van der Waals surface area contributed by atoms with E-state index < -0.39 is 5.97 Å². The number of hydrogen-bond donors (Lipinski definition) is 1. The number of carboxylic acid groups (broad SMARTS) is 1. The summed E-state index contributed by atoms with van der Waals surface area (Å²) in [5.74, 6) is -0.849. The Balaban J connectivity index is 2.96. The number of carbonyl (C=O) groups is 1. The second kappa shape index (κ2) is 5.51. The van der Waals surface area contributed by atoms with E-state index in [1.165, 1.54) is 6.07 Å². The van der Waals surface area contributed by atoms with Crippen molar-refractivity contribution in [1.29, 1.82) is 5.26 Å². The number of anilines is 1. The minimum Gasteiger partial charge on any atom is -0.476 e. The summed E-state index contributed by atoms with van der Waals surface area (Å²) < 4.78 is 0. The lowest BCUT2D eigenvalue weighted by molar-refractivity contribution is 0.0691. The van der Waals surface area contributed by atoms with Crippen LogP contribution in [0.5, 0.6) is 0 Å². The van der Waals surface area contributed by atoms with Gasteiger partial charge in [0.25, 0.3) is 0 Å². The molecule has 1 aromatic rings. The lowest BCUT2D eigenvalue weighted by Gasteiger charge is -2.19. The summed E-state index contributed by atoms with van der Waals surface area (Å²) >= 11 is 5.71. The normalized spacial score (nSPS) is 11.6. The first-order valence-corrected chi connectivity index (χ1v) is 5.34. The summed E-state index contributed by atoms with van der Waals surface area (Å²) in [7, 11) is 1.75. The molecule has 90 valence electrons. The number of pyridine rings is 1. The Bertz CT molecular complexity index is 470. The highest BCUT2D eigenvalue weighted by molar-refractivity contribution is 6.33. The number of aromatic carboxylic acids is 1. The summed E-state index contributed by atoms with van der Waals surface area (Å²) in [6.07, 6.45) is 0. The van der Waals surface area contributed by atoms with Crippen LogP contribution < -0.4 is 4.90 Å². The van der Waals surface area contributed by atoms with Gasteiger partial charge in [-0.25, -0.2) is 9.78 Å². The van der Waals surface area contributed by atoms with E-state index in [4.69, 9.17) is 22.0 Å². The number of carboxylic acids is 1. The van der Waals surface area contributed by atoms with Gasteiger partial charge in [0.1, 0.15) is 5.82 Å². The van der Waals surface area contributed by atoms with Gasteiger partial charge in [0.2, 0.25) is 0 Å². The molecule has 0 saturated heterocycles. The van der Waals surface area contributed by atoms with E-state index in [1.807, 2.05) is 0 Å². The van der Waals surface area contributed by atoms with Crippen LogP contribution in [0.2, 0.25) is 5.02 Å². The monoisotopic (exact) mass is 253 g/mol. The maximum Gasteiger partial charge on any atom is 0.356 e. The van der Waals surface area contributed by atoms with Crippen LogP contribution in [0.1, 0.15) is 17.4 Å². The minimum atomic E-state index is -1.17. The van der Waals surface area contributed by atoms with Gasteiger partial charge in [0, 0.05) is 13.6 Å². The highest BCUT2D eigenvalue weighted by atomic mass is 35.5. The Labute approximate surface area is 104 Å². The molecule has 6 heteroatoms. The zero-order chi connectivity index (χ0) is 13.0. The fourth-order valence-corrected chi connectivity index (χ4v) is 1.53. The Hall–Kier alpha value is -1.80. The van der Waals surface area contributed by atoms with Gasteiger partial charge in [-0.15, -0.1) is 0 Å². The second-order valence-electron chi connectivity index (χ2n) is 3.72. The lowest BCUT2D eigenvalue weighted by atomic mass is 10.2. The molecular weight excluding hydrogens is 242 g/mol. The molecule has 5 nitrogen and oxygen atoms in total. The minimum absolute atomic E-state index is 0.1000. The van der Waals surface area contributed by atoms with Crippen molar-refractivity contribution in [2.45, 2.75) is 6.92 Å². The van der Waals surface area contributed by atoms with E-state index in [0.717, 1.165) is 0 Å². The van der Waals surface area contributed by atoms with Gasteiger partial charge in [-0.1, -0.05) is 11.6 Å². The summed E-state index contributed by atoms with van der Waals surface area (Å²) in [6.45, 7) is 2.26. The number of nitriles is 1. The lowest BCUT2D eigenvalue weighted by Crippen LogP contribution is -2.24. The van der Waals surface area contributed by atoms with Crippen LogP contribution in [0.15, 0.2) is 12.1 Å². The van der Waals surface area contributed by atoms with Crippen molar-refractivity contribution in [3.05, 3.63) is 22.8 Å². The van der Waals surface area contributed by atoms with E-state index in [9.17, 15) is 4.79 Å². The number of nitrogens with zero attached hydrogens (tertiary/aromatic N) is 3. The molecule has 1 atom stereocenters. The zero-order valence-electron chi connectivity index (χ0n) is 9.51. The second-order valence-corrected chi connectivity index (χ2v) is 4.12. The summed E-state index contributed by atoms with van der Waals surface area (Å²) in [5, 5.41) is 17.7. The standard InChI is InChI=1S/C11H12ClN3O2/c1-7(5-13)6-15(2)9-4-3-8(12)10(14-9)11(16)17/h3-4,7H,6H2,1-2H3,(H,16,17). The molecule has 1 unspecified atom stereocenters. The molecule has 0 amide bonds. The topological polar surface area (TPSA) is 77.2 Å². The van der Waals surface area contributed by atoms with Gasteiger partial charge in [0.15, 0.2) is 5.69 Å². The van der Waals surface area contributed by atoms with Crippen molar-refractivity contribution < 1.29 is 9.90 Å². The van der Waals surface area contributed by atoms with Crippen LogP contribution in [0, 0.1) is 17.2 Å². The van der Waals surface area contributed by atoms with Crippen molar-refractivity contribution in [3.8, 4) is 6.07 Å². The molecule has 0 radical (unpaired) electrons. The van der Waals surface area contributed by atoms with Crippen LogP contribution in [0.25, 0.3) is 0 Å². The Morgan fingerprint density at radius 2 is 2.35 bits per heavy atom. The van der Waals surface area contributed by atoms with Gasteiger partial charge in [-0.05, 0) is 19.1 Å². The molecule has 0 bridgehead atoms. The van der Waals surface area contributed by atoms with E-state index in [0.29, 0.717) is 12.4 Å². The van der Waals surface area contributed by atoms with Gasteiger partial charge in [-0.2, -0.15) is 5.26 Å². The predicted octanol–water partition coefficient (Wildman–Crippen LogP) is 2.03. The smallest absolute Gasteiger partial charge is 0.356 e. The van der Waals surface area contributed by atoms with Crippen LogP contribution in [-0.2, 0) is 0 Å². The molecule has 1 aromatic heterocycles. The fourth-order valence-electron chi connectivity index (χ4n) is 1.34. The van der Waals surface area contributed by atoms with Crippen molar-refractivity contribution in [2.24, 2.45) is 5.92 Å². The Morgan fingerprint density at radius 3 is 2.88 bits per heavy atom. The number of halogens is 1. The molecular formula is C11H12ClN3O2. The molecule has 1 N–H and O–H groups in total. The first-order valence-electron chi connectivity index (χ1n) is 4.96. The third-order valence-corrected chi connectivity index (χ3v) is 2.50. The third-order valence-electron chi connectivity index (χ3n) is 2.19.